The Labute approximate surface area is 120 Å². The first-order valence-electron chi connectivity index (χ1n) is 6.23. The van der Waals surface area contributed by atoms with Gasteiger partial charge in [0.05, 0.1) is 12.8 Å². The Balaban J connectivity index is 2.30. The summed E-state index contributed by atoms with van der Waals surface area (Å²) in [4.78, 5) is 28.1. The molecule has 1 aromatic heterocycles. The molecule has 0 radical (unpaired) electrons. The SMILES string of the molecule is COC(=O)c1cc(=O)c2c([nH]1)-c1ccccc1SC2C. The maximum atomic E-state index is 12.3. The van der Waals surface area contributed by atoms with Gasteiger partial charge >= 0.3 is 5.97 Å². The van der Waals surface area contributed by atoms with Crippen LogP contribution in [-0.2, 0) is 4.74 Å². The monoisotopic (exact) mass is 287 g/mol. The van der Waals surface area contributed by atoms with Gasteiger partial charge in [0.2, 0.25) is 0 Å². The topological polar surface area (TPSA) is 59.2 Å². The number of pyridine rings is 1. The van der Waals surface area contributed by atoms with Crippen molar-refractivity contribution in [1.29, 1.82) is 0 Å². The van der Waals surface area contributed by atoms with Gasteiger partial charge in [-0.1, -0.05) is 18.2 Å². The fraction of sp³-hybridized carbons (Fsp3) is 0.200. The fourth-order valence-electron chi connectivity index (χ4n) is 2.43. The fourth-order valence-corrected chi connectivity index (χ4v) is 3.62. The van der Waals surface area contributed by atoms with Gasteiger partial charge in [-0.25, -0.2) is 4.79 Å². The van der Waals surface area contributed by atoms with Crippen LogP contribution in [0, 0.1) is 0 Å². The Morgan fingerprint density at radius 2 is 2.10 bits per heavy atom. The highest BCUT2D eigenvalue weighted by Gasteiger charge is 2.26. The van der Waals surface area contributed by atoms with Gasteiger partial charge < -0.3 is 9.72 Å². The molecule has 1 aliphatic rings. The molecule has 20 heavy (non-hydrogen) atoms. The third-order valence-corrected chi connectivity index (χ3v) is 4.54. The highest BCUT2D eigenvalue weighted by Crippen LogP contribution is 2.46. The number of ether oxygens (including phenoxy) is 1. The van der Waals surface area contributed by atoms with Crippen molar-refractivity contribution in [2.75, 3.05) is 7.11 Å². The molecule has 0 bridgehead atoms. The molecule has 1 atom stereocenters. The van der Waals surface area contributed by atoms with E-state index in [9.17, 15) is 9.59 Å². The first-order valence-corrected chi connectivity index (χ1v) is 7.11. The van der Waals surface area contributed by atoms with Crippen LogP contribution in [0.15, 0.2) is 40.0 Å². The molecule has 1 N–H and O–H groups in total. The molecule has 1 aromatic carbocycles. The molecule has 5 heteroatoms. The van der Waals surface area contributed by atoms with Crippen LogP contribution in [0.4, 0.5) is 0 Å². The second-order valence-electron chi connectivity index (χ2n) is 4.58. The van der Waals surface area contributed by atoms with Crippen molar-refractivity contribution in [3.8, 4) is 11.3 Å². The van der Waals surface area contributed by atoms with Gasteiger partial charge in [0.25, 0.3) is 0 Å². The van der Waals surface area contributed by atoms with Crippen molar-refractivity contribution in [3.63, 3.8) is 0 Å². The summed E-state index contributed by atoms with van der Waals surface area (Å²) in [6.45, 7) is 1.99. The molecule has 3 rings (SSSR count). The average molecular weight is 287 g/mol. The molecule has 0 spiro atoms. The minimum atomic E-state index is -0.534. The molecule has 2 heterocycles. The Morgan fingerprint density at radius 3 is 2.85 bits per heavy atom. The number of aromatic amines is 1. The zero-order valence-corrected chi connectivity index (χ0v) is 11.9. The van der Waals surface area contributed by atoms with Crippen LogP contribution in [0.1, 0.15) is 28.2 Å². The minimum absolute atomic E-state index is 0.0512. The number of rotatable bonds is 1. The highest BCUT2D eigenvalue weighted by atomic mass is 32.2. The molecule has 0 saturated carbocycles. The summed E-state index contributed by atoms with van der Waals surface area (Å²) in [7, 11) is 1.30. The first-order chi connectivity index (χ1) is 9.61. The standard InChI is InChI=1S/C15H13NO3S/c1-8-13-11(17)7-10(15(18)19-2)16-14(13)9-5-3-4-6-12(9)20-8/h3-8H,1-2H3,(H,16,17). The quantitative estimate of drug-likeness (QED) is 0.819. The van der Waals surface area contributed by atoms with Crippen LogP contribution in [0.5, 0.6) is 0 Å². The molecular weight excluding hydrogens is 274 g/mol. The maximum Gasteiger partial charge on any atom is 0.354 e. The number of carbonyl (C=O) groups is 1. The normalized spacial score (nSPS) is 16.2. The van der Waals surface area contributed by atoms with Crippen molar-refractivity contribution in [2.24, 2.45) is 0 Å². The van der Waals surface area contributed by atoms with E-state index in [-0.39, 0.29) is 16.4 Å². The summed E-state index contributed by atoms with van der Waals surface area (Å²) in [5, 5.41) is 0.0512. The lowest BCUT2D eigenvalue weighted by Gasteiger charge is -2.24. The number of hydrogen-bond donors (Lipinski definition) is 1. The number of H-pyrrole nitrogens is 1. The largest absolute Gasteiger partial charge is 0.464 e. The second-order valence-corrected chi connectivity index (χ2v) is 5.97. The molecule has 1 unspecified atom stereocenters. The third kappa shape index (κ3) is 1.94. The number of hydrogen-bond acceptors (Lipinski definition) is 4. The minimum Gasteiger partial charge on any atom is -0.464 e. The molecule has 1 aliphatic heterocycles. The molecule has 0 fully saturated rings. The van der Waals surface area contributed by atoms with Crippen LogP contribution in [0.2, 0.25) is 0 Å². The lowest BCUT2D eigenvalue weighted by molar-refractivity contribution is 0.0594. The van der Waals surface area contributed by atoms with Crippen molar-refractivity contribution in [3.05, 3.63) is 51.8 Å². The van der Waals surface area contributed by atoms with Gasteiger partial charge in [-0.2, -0.15) is 0 Å². The molecular formula is C15H13NO3S. The Bertz CT molecular complexity index is 751. The number of aromatic nitrogens is 1. The first kappa shape index (κ1) is 13.0. The summed E-state index contributed by atoms with van der Waals surface area (Å²) in [6.07, 6.45) is 0. The smallest absolute Gasteiger partial charge is 0.354 e. The van der Waals surface area contributed by atoms with E-state index in [1.54, 1.807) is 11.8 Å². The average Bonchev–Trinajstić information content (AvgIpc) is 2.45. The molecule has 0 aliphatic carbocycles. The number of methoxy groups -OCH3 is 1. The van der Waals surface area contributed by atoms with E-state index in [0.29, 0.717) is 5.56 Å². The Morgan fingerprint density at radius 1 is 1.35 bits per heavy atom. The van der Waals surface area contributed by atoms with Gasteiger partial charge in [0.1, 0.15) is 5.69 Å². The van der Waals surface area contributed by atoms with E-state index in [0.717, 1.165) is 16.2 Å². The molecule has 0 amide bonds. The van der Waals surface area contributed by atoms with E-state index < -0.39 is 5.97 Å². The van der Waals surface area contributed by atoms with Crippen LogP contribution >= 0.6 is 11.8 Å². The summed E-state index contributed by atoms with van der Waals surface area (Å²) >= 11 is 1.65. The van der Waals surface area contributed by atoms with Gasteiger partial charge in [0, 0.05) is 27.3 Å². The van der Waals surface area contributed by atoms with Crippen molar-refractivity contribution in [2.45, 2.75) is 17.1 Å². The van der Waals surface area contributed by atoms with E-state index in [2.05, 4.69) is 9.72 Å². The summed E-state index contributed by atoms with van der Waals surface area (Å²) in [6, 6.07) is 9.16. The Kier molecular flexibility index (Phi) is 3.14. The molecule has 4 nitrogen and oxygen atoms in total. The van der Waals surface area contributed by atoms with Gasteiger partial charge in [-0.05, 0) is 13.0 Å². The summed E-state index contributed by atoms with van der Waals surface area (Å²) in [5.41, 5.74) is 2.44. The predicted molar refractivity (Wildman–Crippen MR) is 78.1 cm³/mol. The van der Waals surface area contributed by atoms with Crippen LogP contribution in [0.25, 0.3) is 11.3 Å². The van der Waals surface area contributed by atoms with E-state index in [4.69, 9.17) is 0 Å². The maximum absolute atomic E-state index is 12.3. The number of benzene rings is 1. The Hall–Kier alpha value is -2.01. The molecule has 102 valence electrons. The number of esters is 1. The van der Waals surface area contributed by atoms with Crippen molar-refractivity contribution >= 4 is 17.7 Å². The van der Waals surface area contributed by atoms with Gasteiger partial charge in [-0.3, -0.25) is 4.79 Å². The van der Waals surface area contributed by atoms with E-state index in [1.165, 1.54) is 13.2 Å². The predicted octanol–water partition coefficient (Wildman–Crippen LogP) is 3.00. The number of thioether (sulfide) groups is 1. The zero-order valence-electron chi connectivity index (χ0n) is 11.1. The number of fused-ring (bicyclic) bond motifs is 3. The number of carbonyl (C=O) groups excluding carboxylic acids is 1. The van der Waals surface area contributed by atoms with Crippen LogP contribution in [-0.4, -0.2) is 18.1 Å². The van der Waals surface area contributed by atoms with Gasteiger partial charge in [0.15, 0.2) is 5.43 Å². The lowest BCUT2D eigenvalue weighted by Crippen LogP contribution is -2.19. The van der Waals surface area contributed by atoms with E-state index in [1.807, 2.05) is 31.2 Å². The zero-order chi connectivity index (χ0) is 14.3. The van der Waals surface area contributed by atoms with Crippen molar-refractivity contribution in [1.82, 2.24) is 4.98 Å². The van der Waals surface area contributed by atoms with E-state index >= 15 is 0 Å². The van der Waals surface area contributed by atoms with Gasteiger partial charge in [-0.15, -0.1) is 11.8 Å². The van der Waals surface area contributed by atoms with Crippen molar-refractivity contribution < 1.29 is 9.53 Å². The highest BCUT2D eigenvalue weighted by molar-refractivity contribution is 7.99. The van der Waals surface area contributed by atoms with Crippen LogP contribution < -0.4 is 5.43 Å². The number of nitrogens with one attached hydrogen (secondary N) is 1. The molecule has 2 aromatic rings. The summed E-state index contributed by atoms with van der Waals surface area (Å²) in [5.74, 6) is -0.534. The third-order valence-electron chi connectivity index (χ3n) is 3.34. The molecule has 0 saturated heterocycles. The summed E-state index contributed by atoms with van der Waals surface area (Å²) < 4.78 is 4.68. The lowest BCUT2D eigenvalue weighted by atomic mass is 10.0. The van der Waals surface area contributed by atoms with Crippen LogP contribution in [0.3, 0.4) is 0 Å². The second kappa shape index (κ2) is 4.83.